The van der Waals surface area contributed by atoms with E-state index < -0.39 is 0 Å². The third kappa shape index (κ3) is 4.71. The summed E-state index contributed by atoms with van der Waals surface area (Å²) in [5.74, 6) is -0.00674. The van der Waals surface area contributed by atoms with E-state index in [1.807, 2.05) is 38.4 Å². The summed E-state index contributed by atoms with van der Waals surface area (Å²) >= 11 is 0. The van der Waals surface area contributed by atoms with Crippen LogP contribution in [0.5, 0.6) is 0 Å². The first-order valence-corrected chi connectivity index (χ1v) is 7.66. The molecule has 0 saturated heterocycles. The number of hydrogen-bond acceptors (Lipinski definition) is 2. The molecule has 2 aromatic carbocycles. The largest absolute Gasteiger partial charge is 0.352 e. The smallest absolute Gasteiger partial charge is 0.251 e. The minimum atomic E-state index is -0.00674. The van der Waals surface area contributed by atoms with E-state index in [4.69, 9.17) is 0 Å². The van der Waals surface area contributed by atoms with E-state index in [2.05, 4.69) is 41.4 Å². The third-order valence-corrected chi connectivity index (χ3v) is 3.58. The zero-order chi connectivity index (χ0) is 15.9. The molecule has 0 aliphatic rings. The van der Waals surface area contributed by atoms with Crippen LogP contribution >= 0.6 is 0 Å². The van der Waals surface area contributed by atoms with E-state index in [1.165, 1.54) is 5.56 Å². The predicted octanol–water partition coefficient (Wildman–Crippen LogP) is 3.34. The van der Waals surface area contributed by atoms with Gasteiger partial charge in [-0.1, -0.05) is 42.0 Å². The molecule has 22 heavy (non-hydrogen) atoms. The van der Waals surface area contributed by atoms with Crippen molar-refractivity contribution in [2.24, 2.45) is 0 Å². The van der Waals surface area contributed by atoms with Gasteiger partial charge in [-0.05, 0) is 57.2 Å². The number of rotatable bonds is 6. The van der Waals surface area contributed by atoms with Gasteiger partial charge in [0.15, 0.2) is 0 Å². The summed E-state index contributed by atoms with van der Waals surface area (Å²) in [7, 11) is 4.07. The van der Waals surface area contributed by atoms with Crippen molar-refractivity contribution in [1.82, 2.24) is 10.2 Å². The highest BCUT2D eigenvalue weighted by Crippen LogP contribution is 2.20. The molecule has 1 amide bonds. The van der Waals surface area contributed by atoms with Crippen LogP contribution in [0.25, 0.3) is 11.1 Å². The van der Waals surface area contributed by atoms with Crippen LogP contribution < -0.4 is 5.32 Å². The summed E-state index contributed by atoms with van der Waals surface area (Å²) in [6, 6.07) is 16.1. The van der Waals surface area contributed by atoms with Gasteiger partial charge in [0.25, 0.3) is 5.91 Å². The summed E-state index contributed by atoms with van der Waals surface area (Å²) < 4.78 is 0. The van der Waals surface area contributed by atoms with E-state index in [0.717, 1.165) is 24.1 Å². The summed E-state index contributed by atoms with van der Waals surface area (Å²) in [5, 5.41) is 2.98. The number of aryl methyl sites for hydroxylation is 1. The van der Waals surface area contributed by atoms with Crippen molar-refractivity contribution in [2.75, 3.05) is 27.2 Å². The zero-order valence-electron chi connectivity index (χ0n) is 13.6. The fraction of sp³-hybridized carbons (Fsp3) is 0.316. The first-order chi connectivity index (χ1) is 10.6. The van der Waals surface area contributed by atoms with E-state index >= 15 is 0 Å². The highest BCUT2D eigenvalue weighted by Gasteiger charge is 2.06. The zero-order valence-corrected chi connectivity index (χ0v) is 13.6. The number of nitrogens with zero attached hydrogens (tertiary/aromatic N) is 1. The average Bonchev–Trinajstić information content (AvgIpc) is 2.52. The molecule has 116 valence electrons. The van der Waals surface area contributed by atoms with Gasteiger partial charge in [0.2, 0.25) is 0 Å². The van der Waals surface area contributed by atoms with Crippen LogP contribution in [0.2, 0.25) is 0 Å². The Morgan fingerprint density at radius 2 is 1.77 bits per heavy atom. The van der Waals surface area contributed by atoms with Crippen molar-refractivity contribution in [3.8, 4) is 11.1 Å². The van der Waals surface area contributed by atoms with Crippen LogP contribution in [0.3, 0.4) is 0 Å². The van der Waals surface area contributed by atoms with Gasteiger partial charge in [-0.25, -0.2) is 0 Å². The summed E-state index contributed by atoms with van der Waals surface area (Å²) in [5.41, 5.74) is 4.15. The van der Waals surface area contributed by atoms with Crippen molar-refractivity contribution in [3.05, 3.63) is 59.7 Å². The van der Waals surface area contributed by atoms with Crippen LogP contribution in [-0.2, 0) is 0 Å². The second-order valence-corrected chi connectivity index (χ2v) is 5.86. The third-order valence-electron chi connectivity index (χ3n) is 3.58. The monoisotopic (exact) mass is 296 g/mol. The summed E-state index contributed by atoms with van der Waals surface area (Å²) in [6.07, 6.45) is 0.955. The molecule has 2 aromatic rings. The topological polar surface area (TPSA) is 32.3 Å². The quantitative estimate of drug-likeness (QED) is 0.829. The number of carbonyl (C=O) groups excluding carboxylic acids is 1. The van der Waals surface area contributed by atoms with Crippen molar-refractivity contribution < 1.29 is 4.79 Å². The molecule has 0 aromatic heterocycles. The van der Waals surface area contributed by atoms with Crippen LogP contribution in [0.1, 0.15) is 22.3 Å². The first kappa shape index (κ1) is 16.2. The standard InChI is InChI=1S/C19H24N2O/c1-15-8-10-16(11-9-15)17-6-4-7-18(14-17)19(22)20-12-5-13-21(2)3/h4,6-11,14H,5,12-13H2,1-3H3,(H,20,22). The van der Waals surface area contributed by atoms with E-state index in [0.29, 0.717) is 12.1 Å². The molecule has 1 N–H and O–H groups in total. The van der Waals surface area contributed by atoms with Gasteiger partial charge in [-0.3, -0.25) is 4.79 Å². The molecule has 3 nitrogen and oxygen atoms in total. The number of nitrogens with one attached hydrogen (secondary N) is 1. The maximum Gasteiger partial charge on any atom is 0.251 e. The van der Waals surface area contributed by atoms with Crippen LogP contribution in [0.15, 0.2) is 48.5 Å². The predicted molar refractivity (Wildman–Crippen MR) is 92.1 cm³/mol. The molecule has 0 atom stereocenters. The molecule has 0 heterocycles. The number of carbonyl (C=O) groups is 1. The second kappa shape index (κ2) is 7.76. The molecular formula is C19H24N2O. The van der Waals surface area contributed by atoms with Gasteiger partial charge in [-0.15, -0.1) is 0 Å². The first-order valence-electron chi connectivity index (χ1n) is 7.66. The molecule has 0 fully saturated rings. The number of amides is 1. The Bertz CT molecular complexity index is 618. The Balaban J connectivity index is 2.01. The van der Waals surface area contributed by atoms with Crippen molar-refractivity contribution in [1.29, 1.82) is 0 Å². The molecular weight excluding hydrogens is 272 g/mol. The Labute approximate surface area is 133 Å². The van der Waals surface area contributed by atoms with Crippen molar-refractivity contribution >= 4 is 5.91 Å². The number of hydrogen-bond donors (Lipinski definition) is 1. The maximum absolute atomic E-state index is 12.2. The minimum Gasteiger partial charge on any atom is -0.352 e. The fourth-order valence-corrected chi connectivity index (χ4v) is 2.29. The maximum atomic E-state index is 12.2. The molecule has 0 aliphatic carbocycles. The Morgan fingerprint density at radius 1 is 1.05 bits per heavy atom. The van der Waals surface area contributed by atoms with E-state index in [1.54, 1.807) is 0 Å². The Kier molecular flexibility index (Phi) is 5.73. The lowest BCUT2D eigenvalue weighted by molar-refractivity contribution is 0.0952. The fourth-order valence-electron chi connectivity index (χ4n) is 2.29. The Hall–Kier alpha value is -2.13. The van der Waals surface area contributed by atoms with Gasteiger partial charge in [0.05, 0.1) is 0 Å². The van der Waals surface area contributed by atoms with Crippen LogP contribution in [0, 0.1) is 6.92 Å². The minimum absolute atomic E-state index is 0.00674. The van der Waals surface area contributed by atoms with E-state index in [9.17, 15) is 4.79 Å². The highest BCUT2D eigenvalue weighted by molar-refractivity contribution is 5.95. The summed E-state index contributed by atoms with van der Waals surface area (Å²) in [4.78, 5) is 14.3. The Morgan fingerprint density at radius 3 is 2.45 bits per heavy atom. The van der Waals surface area contributed by atoms with Gasteiger partial charge >= 0.3 is 0 Å². The van der Waals surface area contributed by atoms with E-state index in [-0.39, 0.29) is 5.91 Å². The molecule has 0 bridgehead atoms. The van der Waals surface area contributed by atoms with Crippen molar-refractivity contribution in [3.63, 3.8) is 0 Å². The van der Waals surface area contributed by atoms with Crippen molar-refractivity contribution in [2.45, 2.75) is 13.3 Å². The normalized spacial score (nSPS) is 10.7. The summed E-state index contributed by atoms with van der Waals surface area (Å²) in [6.45, 7) is 3.75. The number of benzene rings is 2. The highest BCUT2D eigenvalue weighted by atomic mass is 16.1. The lowest BCUT2D eigenvalue weighted by atomic mass is 10.0. The van der Waals surface area contributed by atoms with Gasteiger partial charge in [0, 0.05) is 12.1 Å². The molecule has 0 saturated carbocycles. The van der Waals surface area contributed by atoms with Crippen LogP contribution in [-0.4, -0.2) is 38.0 Å². The lowest BCUT2D eigenvalue weighted by Crippen LogP contribution is -2.27. The molecule has 2 rings (SSSR count). The lowest BCUT2D eigenvalue weighted by Gasteiger charge is -2.10. The van der Waals surface area contributed by atoms with Gasteiger partial charge < -0.3 is 10.2 Å². The van der Waals surface area contributed by atoms with Crippen LogP contribution in [0.4, 0.5) is 0 Å². The SMILES string of the molecule is Cc1ccc(-c2cccc(C(=O)NCCCN(C)C)c2)cc1. The second-order valence-electron chi connectivity index (χ2n) is 5.86. The molecule has 0 unspecified atom stereocenters. The molecule has 3 heteroatoms. The molecule has 0 spiro atoms. The molecule has 0 radical (unpaired) electrons. The van der Waals surface area contributed by atoms with Gasteiger partial charge in [0.1, 0.15) is 0 Å². The van der Waals surface area contributed by atoms with Gasteiger partial charge in [-0.2, -0.15) is 0 Å². The molecule has 0 aliphatic heterocycles. The average molecular weight is 296 g/mol.